The number of fused-ring (bicyclic) bond motifs is 1. The van der Waals surface area contributed by atoms with E-state index >= 15 is 0 Å². The summed E-state index contributed by atoms with van der Waals surface area (Å²) in [7, 11) is 1.73. The number of amides is 1. The van der Waals surface area contributed by atoms with Crippen LogP contribution in [0.1, 0.15) is 12.0 Å². The van der Waals surface area contributed by atoms with Crippen molar-refractivity contribution in [1.82, 2.24) is 14.7 Å². The number of halogens is 1. The molecular formula is C18H18FN3O. The fourth-order valence-electron chi connectivity index (χ4n) is 2.59. The molecule has 118 valence electrons. The van der Waals surface area contributed by atoms with Crippen molar-refractivity contribution in [3.05, 3.63) is 66.1 Å². The fourth-order valence-corrected chi connectivity index (χ4v) is 2.59. The number of para-hydroxylation sites is 1. The van der Waals surface area contributed by atoms with E-state index in [2.05, 4.69) is 5.10 Å². The van der Waals surface area contributed by atoms with Crippen LogP contribution in [0.15, 0.2) is 54.7 Å². The SMILES string of the molecule is CN(Cc1cccc(F)c1)C(=O)CCn1ncc2ccccc21. The normalized spacial score (nSPS) is 10.9. The molecule has 3 rings (SSSR count). The molecule has 0 aliphatic carbocycles. The maximum absolute atomic E-state index is 13.2. The molecule has 1 heterocycles. The summed E-state index contributed by atoms with van der Waals surface area (Å²) in [6.07, 6.45) is 2.16. The van der Waals surface area contributed by atoms with E-state index in [9.17, 15) is 9.18 Å². The second-order valence-corrected chi connectivity index (χ2v) is 5.56. The minimum atomic E-state index is -0.286. The van der Waals surface area contributed by atoms with E-state index in [1.165, 1.54) is 12.1 Å². The monoisotopic (exact) mass is 311 g/mol. The Morgan fingerprint density at radius 2 is 2.04 bits per heavy atom. The van der Waals surface area contributed by atoms with E-state index in [0.29, 0.717) is 19.5 Å². The molecule has 0 fully saturated rings. The van der Waals surface area contributed by atoms with Crippen molar-refractivity contribution in [2.75, 3.05) is 7.05 Å². The second-order valence-electron chi connectivity index (χ2n) is 5.56. The first-order chi connectivity index (χ1) is 11.1. The average Bonchev–Trinajstić information content (AvgIpc) is 2.96. The number of nitrogens with zero attached hydrogens (tertiary/aromatic N) is 3. The number of rotatable bonds is 5. The third-order valence-electron chi connectivity index (χ3n) is 3.82. The Morgan fingerprint density at radius 1 is 1.22 bits per heavy atom. The summed E-state index contributed by atoms with van der Waals surface area (Å²) in [4.78, 5) is 13.9. The number of carbonyl (C=O) groups excluding carboxylic acids is 1. The summed E-state index contributed by atoms with van der Waals surface area (Å²) < 4.78 is 15.0. The molecule has 5 heteroatoms. The highest BCUT2D eigenvalue weighted by molar-refractivity contribution is 5.79. The predicted molar refractivity (Wildman–Crippen MR) is 87.2 cm³/mol. The summed E-state index contributed by atoms with van der Waals surface area (Å²) in [5, 5.41) is 5.38. The van der Waals surface area contributed by atoms with Crippen LogP contribution in [-0.2, 0) is 17.9 Å². The first kappa shape index (κ1) is 15.2. The summed E-state index contributed by atoms with van der Waals surface area (Å²) in [5.41, 5.74) is 1.80. The van der Waals surface area contributed by atoms with Gasteiger partial charge in [0, 0.05) is 25.4 Å². The number of hydrogen-bond donors (Lipinski definition) is 0. The van der Waals surface area contributed by atoms with E-state index in [4.69, 9.17) is 0 Å². The van der Waals surface area contributed by atoms with Crippen molar-refractivity contribution in [1.29, 1.82) is 0 Å². The van der Waals surface area contributed by atoms with Crippen molar-refractivity contribution < 1.29 is 9.18 Å². The molecule has 4 nitrogen and oxygen atoms in total. The van der Waals surface area contributed by atoms with E-state index < -0.39 is 0 Å². The zero-order chi connectivity index (χ0) is 16.2. The van der Waals surface area contributed by atoms with Gasteiger partial charge >= 0.3 is 0 Å². The van der Waals surface area contributed by atoms with Crippen LogP contribution in [0, 0.1) is 5.82 Å². The quantitative estimate of drug-likeness (QED) is 0.725. The zero-order valence-corrected chi connectivity index (χ0v) is 12.9. The number of benzene rings is 2. The third kappa shape index (κ3) is 3.56. The van der Waals surface area contributed by atoms with Crippen LogP contribution in [0.2, 0.25) is 0 Å². The molecule has 1 aromatic heterocycles. The van der Waals surface area contributed by atoms with Crippen LogP contribution >= 0.6 is 0 Å². The van der Waals surface area contributed by atoms with E-state index in [-0.39, 0.29) is 11.7 Å². The molecule has 0 radical (unpaired) electrons. The molecule has 2 aromatic carbocycles. The lowest BCUT2D eigenvalue weighted by Crippen LogP contribution is -2.27. The maximum atomic E-state index is 13.2. The molecule has 1 amide bonds. The van der Waals surface area contributed by atoms with Crippen molar-refractivity contribution in [2.45, 2.75) is 19.5 Å². The topological polar surface area (TPSA) is 38.1 Å². The van der Waals surface area contributed by atoms with Crippen LogP contribution < -0.4 is 0 Å². The third-order valence-corrected chi connectivity index (χ3v) is 3.82. The second kappa shape index (κ2) is 6.60. The fraction of sp³-hybridized carbons (Fsp3) is 0.222. The minimum Gasteiger partial charge on any atom is -0.341 e. The lowest BCUT2D eigenvalue weighted by Gasteiger charge is -2.17. The predicted octanol–water partition coefficient (Wildman–Crippen LogP) is 3.22. The molecule has 0 N–H and O–H groups in total. The van der Waals surface area contributed by atoms with Gasteiger partial charge in [0.25, 0.3) is 0 Å². The Morgan fingerprint density at radius 3 is 2.87 bits per heavy atom. The van der Waals surface area contributed by atoms with Crippen molar-refractivity contribution >= 4 is 16.8 Å². The van der Waals surface area contributed by atoms with Gasteiger partial charge in [0.05, 0.1) is 18.3 Å². The molecule has 0 atom stereocenters. The summed E-state index contributed by atoms with van der Waals surface area (Å²) in [5.74, 6) is -0.278. The molecule has 0 saturated heterocycles. The minimum absolute atomic E-state index is 0.00819. The highest BCUT2D eigenvalue weighted by atomic mass is 19.1. The van der Waals surface area contributed by atoms with Gasteiger partial charge in [0.2, 0.25) is 5.91 Å². The summed E-state index contributed by atoms with van der Waals surface area (Å²) in [6, 6.07) is 14.2. The Bertz CT molecular complexity index is 828. The molecule has 23 heavy (non-hydrogen) atoms. The maximum Gasteiger partial charge on any atom is 0.224 e. The number of aryl methyl sites for hydroxylation is 1. The zero-order valence-electron chi connectivity index (χ0n) is 12.9. The van der Waals surface area contributed by atoms with Gasteiger partial charge in [-0.2, -0.15) is 5.10 Å². The van der Waals surface area contributed by atoms with Gasteiger partial charge in [-0.25, -0.2) is 4.39 Å². The van der Waals surface area contributed by atoms with Crippen LogP contribution in [0.25, 0.3) is 10.9 Å². The van der Waals surface area contributed by atoms with Gasteiger partial charge in [-0.15, -0.1) is 0 Å². The lowest BCUT2D eigenvalue weighted by atomic mass is 10.2. The molecular weight excluding hydrogens is 293 g/mol. The van der Waals surface area contributed by atoms with Gasteiger partial charge in [0.15, 0.2) is 0 Å². The first-order valence-corrected chi connectivity index (χ1v) is 7.52. The van der Waals surface area contributed by atoms with Crippen molar-refractivity contribution in [3.63, 3.8) is 0 Å². The average molecular weight is 311 g/mol. The van der Waals surface area contributed by atoms with Crippen molar-refractivity contribution in [2.24, 2.45) is 0 Å². The lowest BCUT2D eigenvalue weighted by molar-refractivity contribution is -0.130. The molecule has 0 aliphatic rings. The highest BCUT2D eigenvalue weighted by Gasteiger charge is 2.11. The van der Waals surface area contributed by atoms with Gasteiger partial charge in [-0.05, 0) is 23.8 Å². The first-order valence-electron chi connectivity index (χ1n) is 7.52. The number of aromatic nitrogens is 2. The molecule has 0 bridgehead atoms. The van der Waals surface area contributed by atoms with Crippen LogP contribution in [0.5, 0.6) is 0 Å². The van der Waals surface area contributed by atoms with Crippen LogP contribution in [0.3, 0.4) is 0 Å². The number of carbonyl (C=O) groups is 1. The number of hydrogen-bond acceptors (Lipinski definition) is 2. The summed E-state index contributed by atoms with van der Waals surface area (Å²) in [6.45, 7) is 0.927. The Labute approximate surface area is 134 Å². The van der Waals surface area contributed by atoms with Gasteiger partial charge in [0.1, 0.15) is 5.82 Å². The standard InChI is InChI=1S/C18H18FN3O/c1-21(13-14-5-4-7-16(19)11-14)18(23)9-10-22-17-8-3-2-6-15(17)12-20-22/h2-8,11-12H,9-10,13H2,1H3. The largest absolute Gasteiger partial charge is 0.341 e. The van der Waals surface area contributed by atoms with Crippen LogP contribution in [0.4, 0.5) is 4.39 Å². The molecule has 0 spiro atoms. The van der Waals surface area contributed by atoms with Crippen molar-refractivity contribution in [3.8, 4) is 0 Å². The molecule has 0 saturated carbocycles. The summed E-state index contributed by atoms with van der Waals surface area (Å²) >= 11 is 0. The van der Waals surface area contributed by atoms with E-state index in [1.807, 2.05) is 35.0 Å². The van der Waals surface area contributed by atoms with Gasteiger partial charge < -0.3 is 4.90 Å². The highest BCUT2D eigenvalue weighted by Crippen LogP contribution is 2.13. The Balaban J connectivity index is 1.60. The van der Waals surface area contributed by atoms with E-state index in [0.717, 1.165) is 16.5 Å². The van der Waals surface area contributed by atoms with Gasteiger partial charge in [-0.1, -0.05) is 30.3 Å². The molecule has 0 unspecified atom stereocenters. The van der Waals surface area contributed by atoms with Crippen LogP contribution in [-0.4, -0.2) is 27.6 Å². The molecule has 0 aliphatic heterocycles. The smallest absolute Gasteiger partial charge is 0.224 e. The Hall–Kier alpha value is -2.69. The van der Waals surface area contributed by atoms with Gasteiger partial charge in [-0.3, -0.25) is 9.48 Å². The Kier molecular flexibility index (Phi) is 4.37. The molecule has 3 aromatic rings. The van der Waals surface area contributed by atoms with E-state index in [1.54, 1.807) is 24.2 Å².